The van der Waals surface area contributed by atoms with Gasteiger partial charge in [0.15, 0.2) is 17.3 Å². The molecule has 2 heterocycles. The highest BCUT2D eigenvalue weighted by atomic mass is 16.7. The van der Waals surface area contributed by atoms with Crippen LogP contribution in [-0.2, 0) is 16.6 Å². The summed E-state index contributed by atoms with van der Waals surface area (Å²) in [5, 5.41) is 17.1. The van der Waals surface area contributed by atoms with Gasteiger partial charge in [0.1, 0.15) is 11.4 Å². The monoisotopic (exact) mass is 524 g/mol. The summed E-state index contributed by atoms with van der Waals surface area (Å²) in [6.45, 7) is 4.40. The molecule has 4 aromatic rings. The molecule has 2 N–H and O–H groups in total. The first-order valence-electron chi connectivity index (χ1n) is 13.4. The molecule has 2 aliphatic rings. The van der Waals surface area contributed by atoms with Crippen molar-refractivity contribution >= 4 is 11.7 Å². The average Bonchev–Trinajstić information content (AvgIpc) is 3.40. The Labute approximate surface area is 227 Å². The van der Waals surface area contributed by atoms with Gasteiger partial charge in [-0.3, -0.25) is 4.79 Å². The average molecular weight is 525 g/mol. The number of hydrogen-bond donors (Lipinski definition) is 2. The molecule has 3 aromatic carbocycles. The number of carbonyl (C=O) groups is 1. The molecule has 0 spiro atoms. The Morgan fingerprint density at radius 2 is 1.64 bits per heavy atom. The number of aromatic nitrogens is 1. The molecule has 1 aliphatic carbocycles. The van der Waals surface area contributed by atoms with Crippen LogP contribution in [0.5, 0.6) is 11.5 Å². The highest BCUT2D eigenvalue weighted by Crippen LogP contribution is 2.51. The Morgan fingerprint density at radius 1 is 0.974 bits per heavy atom. The normalized spacial score (nSPS) is 15.6. The number of aliphatic carboxylic acids is 1. The van der Waals surface area contributed by atoms with Crippen LogP contribution in [0.3, 0.4) is 0 Å². The van der Waals surface area contributed by atoms with E-state index in [0.29, 0.717) is 0 Å². The summed E-state index contributed by atoms with van der Waals surface area (Å²) >= 11 is 0. The molecule has 200 valence electrons. The van der Waals surface area contributed by atoms with Crippen LogP contribution in [-0.4, -0.2) is 29.1 Å². The maximum Gasteiger partial charge on any atom is 0.304 e. The van der Waals surface area contributed by atoms with Crippen LogP contribution < -0.4 is 14.8 Å². The molecule has 7 heteroatoms. The summed E-state index contributed by atoms with van der Waals surface area (Å²) < 4.78 is 16.7. The molecule has 0 bridgehead atoms. The van der Waals surface area contributed by atoms with E-state index < -0.39 is 5.97 Å². The van der Waals surface area contributed by atoms with Gasteiger partial charge in [-0.25, -0.2) is 0 Å². The zero-order valence-corrected chi connectivity index (χ0v) is 22.2. The highest BCUT2D eigenvalue weighted by Gasteiger charge is 2.45. The SMILES string of the molecule is Cc1noc(-c2ccc(-c3ccc(C4(CC(=O)O)CC4)cc3)cc2)c1NC(C)CCc1ccc2c(c1)OCO2. The predicted octanol–water partition coefficient (Wildman–Crippen LogP) is 6.99. The van der Waals surface area contributed by atoms with Crippen LogP contribution in [0.4, 0.5) is 5.69 Å². The number of carboxylic acids is 1. The molecular weight excluding hydrogens is 492 g/mol. The number of carboxylic acid groups (broad SMARTS) is 1. The Balaban J connectivity index is 1.12. The number of nitrogens with zero attached hydrogens (tertiary/aromatic N) is 1. The van der Waals surface area contributed by atoms with Gasteiger partial charge in [0.2, 0.25) is 6.79 Å². The van der Waals surface area contributed by atoms with Crippen molar-refractivity contribution in [3.8, 4) is 33.9 Å². The topological polar surface area (TPSA) is 93.8 Å². The van der Waals surface area contributed by atoms with Gasteiger partial charge < -0.3 is 24.4 Å². The number of anilines is 1. The molecule has 1 aromatic heterocycles. The Hall–Kier alpha value is -4.26. The van der Waals surface area contributed by atoms with Gasteiger partial charge in [0.25, 0.3) is 0 Å². The first-order chi connectivity index (χ1) is 18.9. The second kappa shape index (κ2) is 10.1. The molecule has 1 aliphatic heterocycles. The van der Waals surface area contributed by atoms with Crippen LogP contribution in [0.1, 0.15) is 49.4 Å². The first-order valence-corrected chi connectivity index (χ1v) is 13.4. The second-order valence-corrected chi connectivity index (χ2v) is 10.7. The van der Waals surface area contributed by atoms with Crippen molar-refractivity contribution in [1.29, 1.82) is 0 Å². The molecule has 0 amide bonds. The van der Waals surface area contributed by atoms with E-state index >= 15 is 0 Å². The van der Waals surface area contributed by atoms with Gasteiger partial charge in [0, 0.05) is 17.0 Å². The molecule has 7 nitrogen and oxygen atoms in total. The number of ether oxygens (including phenoxy) is 2. The van der Waals surface area contributed by atoms with Crippen LogP contribution in [0, 0.1) is 6.92 Å². The number of nitrogens with one attached hydrogen (secondary N) is 1. The number of hydrogen-bond acceptors (Lipinski definition) is 6. The fourth-order valence-corrected chi connectivity index (χ4v) is 5.37. The summed E-state index contributed by atoms with van der Waals surface area (Å²) in [6.07, 6.45) is 3.93. The maximum absolute atomic E-state index is 11.3. The van der Waals surface area contributed by atoms with Crippen molar-refractivity contribution in [2.75, 3.05) is 12.1 Å². The fourth-order valence-electron chi connectivity index (χ4n) is 5.37. The van der Waals surface area contributed by atoms with Crippen LogP contribution in [0.2, 0.25) is 0 Å². The molecule has 1 fully saturated rings. The van der Waals surface area contributed by atoms with E-state index in [4.69, 9.17) is 14.0 Å². The lowest BCUT2D eigenvalue weighted by molar-refractivity contribution is -0.137. The number of fused-ring (bicyclic) bond motifs is 1. The predicted molar refractivity (Wildman–Crippen MR) is 149 cm³/mol. The number of rotatable bonds is 10. The molecule has 6 rings (SSSR count). The van der Waals surface area contributed by atoms with Gasteiger partial charge >= 0.3 is 5.97 Å². The van der Waals surface area contributed by atoms with E-state index in [1.807, 2.05) is 13.0 Å². The first kappa shape index (κ1) is 25.0. The Kier molecular flexibility index (Phi) is 6.51. The van der Waals surface area contributed by atoms with Gasteiger partial charge in [-0.15, -0.1) is 0 Å². The van der Waals surface area contributed by atoms with Crippen molar-refractivity contribution in [3.63, 3.8) is 0 Å². The van der Waals surface area contributed by atoms with Crippen molar-refractivity contribution in [2.45, 2.75) is 57.4 Å². The van der Waals surface area contributed by atoms with E-state index in [-0.39, 0.29) is 24.7 Å². The van der Waals surface area contributed by atoms with E-state index in [0.717, 1.165) is 76.6 Å². The number of benzene rings is 3. The molecule has 1 atom stereocenters. The lowest BCUT2D eigenvalue weighted by Crippen LogP contribution is -2.16. The Bertz CT molecular complexity index is 1490. The van der Waals surface area contributed by atoms with Crippen LogP contribution in [0.15, 0.2) is 71.3 Å². The number of aryl methyl sites for hydroxylation is 2. The van der Waals surface area contributed by atoms with Crippen molar-refractivity contribution in [3.05, 3.63) is 83.6 Å². The molecule has 0 saturated heterocycles. The summed E-state index contributed by atoms with van der Waals surface area (Å²) in [5.41, 5.74) is 7.05. The summed E-state index contributed by atoms with van der Waals surface area (Å²) in [6, 6.07) is 22.9. The summed E-state index contributed by atoms with van der Waals surface area (Å²) in [4.78, 5) is 11.3. The minimum atomic E-state index is -0.734. The van der Waals surface area contributed by atoms with Gasteiger partial charge in [0.05, 0.1) is 6.42 Å². The second-order valence-electron chi connectivity index (χ2n) is 10.7. The van der Waals surface area contributed by atoms with Gasteiger partial charge in [-0.05, 0) is 73.9 Å². The zero-order valence-electron chi connectivity index (χ0n) is 22.2. The van der Waals surface area contributed by atoms with E-state index in [1.165, 1.54) is 5.56 Å². The third kappa shape index (κ3) is 5.21. The molecule has 1 saturated carbocycles. The maximum atomic E-state index is 11.3. The minimum Gasteiger partial charge on any atom is -0.481 e. The van der Waals surface area contributed by atoms with Gasteiger partial charge in [-0.1, -0.05) is 59.8 Å². The quantitative estimate of drug-likeness (QED) is 0.231. The van der Waals surface area contributed by atoms with E-state index in [2.05, 4.69) is 78.1 Å². The summed E-state index contributed by atoms with van der Waals surface area (Å²) in [5.74, 6) is 1.62. The lowest BCUT2D eigenvalue weighted by atomic mass is 9.91. The van der Waals surface area contributed by atoms with Gasteiger partial charge in [-0.2, -0.15) is 0 Å². The molecule has 1 unspecified atom stereocenters. The van der Waals surface area contributed by atoms with Crippen LogP contribution >= 0.6 is 0 Å². The minimum absolute atomic E-state index is 0.177. The fraction of sp³-hybridized carbons (Fsp3) is 0.312. The molecular formula is C32H32N2O5. The third-order valence-electron chi connectivity index (χ3n) is 7.88. The molecule has 0 radical (unpaired) electrons. The highest BCUT2D eigenvalue weighted by molar-refractivity contribution is 5.77. The van der Waals surface area contributed by atoms with Crippen molar-refractivity contribution in [2.24, 2.45) is 0 Å². The van der Waals surface area contributed by atoms with Crippen molar-refractivity contribution in [1.82, 2.24) is 5.16 Å². The van der Waals surface area contributed by atoms with E-state index in [9.17, 15) is 9.90 Å². The molecule has 39 heavy (non-hydrogen) atoms. The zero-order chi connectivity index (χ0) is 27.0. The lowest BCUT2D eigenvalue weighted by Gasteiger charge is -2.16. The van der Waals surface area contributed by atoms with Crippen LogP contribution in [0.25, 0.3) is 22.5 Å². The largest absolute Gasteiger partial charge is 0.481 e. The smallest absolute Gasteiger partial charge is 0.304 e. The standard InChI is InChI=1S/C32H32N2O5/c1-20(3-4-22-5-14-27-28(17-22)38-19-37-27)33-30-21(2)34-39-31(30)25-8-6-23(7-9-25)24-10-12-26(13-11-24)32(15-16-32)18-29(35)36/h5-14,17,20,33H,3-4,15-16,18-19H2,1-2H3,(H,35,36). The van der Waals surface area contributed by atoms with E-state index in [1.54, 1.807) is 0 Å². The van der Waals surface area contributed by atoms with Crippen molar-refractivity contribution < 1.29 is 23.9 Å². The Morgan fingerprint density at radius 3 is 2.33 bits per heavy atom. The summed E-state index contributed by atoms with van der Waals surface area (Å²) in [7, 11) is 0. The third-order valence-corrected chi connectivity index (χ3v) is 7.88.